The van der Waals surface area contributed by atoms with Gasteiger partial charge >= 0.3 is 0 Å². The Balaban J connectivity index is 2.34. The average Bonchev–Trinajstić information content (AvgIpc) is 1.95. The maximum absolute atomic E-state index is 2.39. The molecule has 1 rings (SSSR count). The lowest BCUT2D eigenvalue weighted by Gasteiger charge is -2.29. The van der Waals surface area contributed by atoms with Gasteiger partial charge in [-0.25, -0.2) is 0 Å². The number of rotatable bonds is 0. The Hall–Kier alpha value is 0.0969. The van der Waals surface area contributed by atoms with E-state index in [-0.39, 0.29) is 0 Å². The van der Waals surface area contributed by atoms with Gasteiger partial charge in [0.1, 0.15) is 0 Å². The minimum Gasteiger partial charge on any atom is -0.314 e. The molecule has 1 fully saturated rings. The molecule has 0 spiro atoms. The van der Waals surface area contributed by atoms with Gasteiger partial charge in [0.05, 0.1) is 0 Å². The quantitative estimate of drug-likeness (QED) is 0.448. The van der Waals surface area contributed by atoms with Gasteiger partial charge in [0, 0.05) is 26.2 Å². The van der Waals surface area contributed by atoms with Crippen molar-refractivity contribution in [2.75, 3.05) is 47.3 Å². The summed E-state index contributed by atoms with van der Waals surface area (Å²) in [6.07, 6.45) is 0. The average molecular weight is 171 g/mol. The lowest BCUT2D eigenvalue weighted by molar-refractivity contribution is 0.262. The van der Waals surface area contributed by atoms with Gasteiger partial charge in [-0.1, -0.05) is 0 Å². The summed E-state index contributed by atoms with van der Waals surface area (Å²) in [6, 6.07) is 0. The van der Waals surface area contributed by atoms with E-state index in [1.807, 2.05) is 0 Å². The van der Waals surface area contributed by atoms with E-state index in [4.69, 9.17) is 0 Å². The van der Waals surface area contributed by atoms with Gasteiger partial charge in [0.15, 0.2) is 0 Å². The van der Waals surface area contributed by atoms with Crippen LogP contribution in [-0.2, 0) is 0 Å². The Labute approximate surface area is 71.9 Å². The summed E-state index contributed by atoms with van der Waals surface area (Å²) in [7, 11) is 7.44. The van der Waals surface area contributed by atoms with E-state index >= 15 is 0 Å². The minimum atomic E-state index is 0.868. The van der Waals surface area contributed by atoms with E-state index in [0.29, 0.717) is 0 Å². The number of nitrogens with zero attached hydrogens (tertiary/aromatic N) is 3. The van der Waals surface area contributed by atoms with Crippen molar-refractivity contribution < 1.29 is 0 Å². The highest BCUT2D eigenvalue weighted by molar-refractivity contribution is 6.28. The molecular formula is C7H17N3Si. The second kappa shape index (κ2) is 4.20. The predicted octanol–water partition coefficient (Wildman–Crippen LogP) is -0.670. The molecule has 0 amide bonds. The lowest BCUT2D eigenvalue weighted by atomic mass is 10.5. The number of hydrogen-bond donors (Lipinski definition) is 0. The molecule has 3 nitrogen and oxygen atoms in total. The van der Waals surface area contributed by atoms with Crippen LogP contribution in [0.2, 0.25) is 0 Å². The largest absolute Gasteiger partial charge is 0.314 e. The monoisotopic (exact) mass is 171 g/mol. The maximum Gasteiger partial charge on any atom is 0.250 e. The van der Waals surface area contributed by atoms with E-state index in [1.165, 1.54) is 26.2 Å². The van der Waals surface area contributed by atoms with Crippen molar-refractivity contribution in [3.05, 3.63) is 0 Å². The molecule has 0 aromatic heterocycles. The fraction of sp³-hybridized carbons (Fsp3) is 1.00. The molecule has 0 atom stereocenters. The van der Waals surface area contributed by atoms with E-state index < -0.39 is 0 Å². The van der Waals surface area contributed by atoms with Gasteiger partial charge in [-0.15, -0.1) is 0 Å². The first kappa shape index (κ1) is 9.19. The van der Waals surface area contributed by atoms with Crippen LogP contribution in [0.3, 0.4) is 0 Å². The molecule has 0 aliphatic carbocycles. The summed E-state index contributed by atoms with van der Waals surface area (Å²) in [5.74, 6) is 0. The van der Waals surface area contributed by atoms with Crippen molar-refractivity contribution in [1.29, 1.82) is 0 Å². The summed E-state index contributed by atoms with van der Waals surface area (Å²) >= 11 is 0. The van der Waals surface area contributed by atoms with Crippen LogP contribution in [0.5, 0.6) is 0 Å². The molecule has 1 aliphatic rings. The van der Waals surface area contributed by atoms with Crippen molar-refractivity contribution in [3.8, 4) is 0 Å². The first-order valence-electron chi connectivity index (χ1n) is 4.05. The zero-order chi connectivity index (χ0) is 8.27. The molecule has 2 radical (unpaired) electrons. The van der Waals surface area contributed by atoms with Crippen molar-refractivity contribution in [2.45, 2.75) is 0 Å². The smallest absolute Gasteiger partial charge is 0.250 e. The summed E-state index contributed by atoms with van der Waals surface area (Å²) in [5, 5.41) is 0. The van der Waals surface area contributed by atoms with Crippen LogP contribution >= 0.6 is 0 Å². The van der Waals surface area contributed by atoms with E-state index in [1.54, 1.807) is 0 Å². The predicted molar refractivity (Wildman–Crippen MR) is 48.5 cm³/mol. The molecule has 1 saturated heterocycles. The van der Waals surface area contributed by atoms with Crippen LogP contribution in [0.25, 0.3) is 0 Å². The van der Waals surface area contributed by atoms with E-state index in [2.05, 4.69) is 35.2 Å². The maximum atomic E-state index is 2.39. The van der Waals surface area contributed by atoms with Crippen molar-refractivity contribution in [2.24, 2.45) is 0 Å². The Kier molecular flexibility index (Phi) is 3.51. The van der Waals surface area contributed by atoms with Gasteiger partial charge in [-0.2, -0.15) is 0 Å². The Bertz CT molecular complexity index is 108. The Morgan fingerprint density at radius 3 is 1.73 bits per heavy atom. The molecule has 64 valence electrons. The molecular weight excluding hydrogens is 154 g/mol. The number of likely N-dealkylation sites (N-methyl/N-ethyl adjacent to an activating group) is 3. The molecule has 1 aliphatic heterocycles. The molecule has 1 heterocycles. The third-order valence-corrected chi connectivity index (χ3v) is 3.11. The second-order valence-corrected chi connectivity index (χ2v) is 4.97. The summed E-state index contributed by atoms with van der Waals surface area (Å²) in [5.41, 5.74) is 0. The first-order valence-corrected chi connectivity index (χ1v) is 4.95. The standard InChI is InChI=1S/C7H17N3Si/c1-8-4-6-9(2)11-10(3)7-5-8/h4-7H2,1-3H3. The van der Waals surface area contributed by atoms with Crippen LogP contribution in [0, 0.1) is 0 Å². The minimum absolute atomic E-state index is 0.868. The zero-order valence-corrected chi connectivity index (χ0v) is 8.67. The fourth-order valence-electron chi connectivity index (χ4n) is 1.14. The van der Waals surface area contributed by atoms with Crippen molar-refractivity contribution in [1.82, 2.24) is 14.0 Å². The lowest BCUT2D eigenvalue weighted by Crippen LogP contribution is -2.46. The molecule has 0 aromatic carbocycles. The van der Waals surface area contributed by atoms with Crippen LogP contribution in [0.1, 0.15) is 0 Å². The summed E-state index contributed by atoms with van der Waals surface area (Å²) < 4.78 is 4.77. The molecule has 0 bridgehead atoms. The normalized spacial score (nSPS) is 26.5. The van der Waals surface area contributed by atoms with Crippen molar-refractivity contribution in [3.63, 3.8) is 0 Å². The highest BCUT2D eigenvalue weighted by Gasteiger charge is 2.11. The first-order chi connectivity index (χ1) is 5.18. The molecule has 4 heteroatoms. The topological polar surface area (TPSA) is 9.72 Å². The highest BCUT2D eigenvalue weighted by atomic mass is 28.2. The summed E-state index contributed by atoms with van der Waals surface area (Å²) in [6.45, 7) is 4.80. The van der Waals surface area contributed by atoms with Crippen LogP contribution in [0.4, 0.5) is 0 Å². The Morgan fingerprint density at radius 2 is 1.27 bits per heavy atom. The van der Waals surface area contributed by atoms with E-state index in [0.717, 1.165) is 9.84 Å². The molecule has 0 aromatic rings. The third kappa shape index (κ3) is 3.33. The second-order valence-electron chi connectivity index (χ2n) is 3.25. The molecule has 0 saturated carbocycles. The van der Waals surface area contributed by atoms with Gasteiger partial charge in [-0.3, -0.25) is 0 Å². The highest BCUT2D eigenvalue weighted by Crippen LogP contribution is 1.93. The fourth-order valence-corrected chi connectivity index (χ4v) is 2.13. The van der Waals surface area contributed by atoms with Crippen LogP contribution in [-0.4, -0.2) is 71.2 Å². The van der Waals surface area contributed by atoms with E-state index in [9.17, 15) is 0 Å². The van der Waals surface area contributed by atoms with Crippen LogP contribution < -0.4 is 0 Å². The van der Waals surface area contributed by atoms with Gasteiger partial charge in [0.25, 0.3) is 9.84 Å². The SMILES string of the molecule is CN1CCN(C)[Si]N(C)CC1. The van der Waals surface area contributed by atoms with Crippen molar-refractivity contribution >= 4 is 9.84 Å². The summed E-state index contributed by atoms with van der Waals surface area (Å²) in [4.78, 5) is 2.39. The third-order valence-electron chi connectivity index (χ3n) is 1.98. The van der Waals surface area contributed by atoms with Gasteiger partial charge < -0.3 is 14.0 Å². The zero-order valence-electron chi connectivity index (χ0n) is 7.67. The van der Waals surface area contributed by atoms with Crippen LogP contribution in [0.15, 0.2) is 0 Å². The van der Waals surface area contributed by atoms with Gasteiger partial charge in [0.2, 0.25) is 0 Å². The number of hydrogen-bond acceptors (Lipinski definition) is 3. The molecule has 11 heavy (non-hydrogen) atoms. The van der Waals surface area contributed by atoms with Gasteiger partial charge in [-0.05, 0) is 21.1 Å². The molecule has 0 N–H and O–H groups in total. The Morgan fingerprint density at radius 1 is 0.818 bits per heavy atom. The molecule has 0 unspecified atom stereocenters.